The Labute approximate surface area is 253 Å². The molecule has 1 amide bonds. The van der Waals surface area contributed by atoms with Crippen molar-refractivity contribution in [2.45, 2.75) is 42.9 Å². The highest BCUT2D eigenvalue weighted by Gasteiger charge is 2.42. The Morgan fingerprint density at radius 2 is 1.57 bits per heavy atom. The number of rotatable bonds is 9. The van der Waals surface area contributed by atoms with E-state index in [1.54, 1.807) is 24.3 Å². The predicted octanol–water partition coefficient (Wildman–Crippen LogP) is 5.91. The van der Waals surface area contributed by atoms with Crippen molar-refractivity contribution in [2.24, 2.45) is 0 Å². The first-order valence-electron chi connectivity index (χ1n) is 13.8. The van der Waals surface area contributed by atoms with Crippen LogP contribution in [-0.4, -0.2) is 33.4 Å². The fourth-order valence-electron chi connectivity index (χ4n) is 5.14. The molecule has 1 atom stereocenters. The van der Waals surface area contributed by atoms with Crippen LogP contribution in [0.5, 0.6) is 0 Å². The fourth-order valence-corrected chi connectivity index (χ4v) is 6.79. The minimum absolute atomic E-state index is 0.0923. The number of nitrogens with one attached hydrogen (secondary N) is 1. The maximum absolute atomic E-state index is 14.0. The number of carbonyl (C=O) groups is 2. The standard InChI is InChI=1S/C33H29F3N2O5S/c1-43-31(39)18-13-22-9-11-23(12-10-22)21-37-32(40)30-20-26-5-2-3-8-29(26)38(30)44(41,42)28-16-14-24(15-17-28)25-6-4-7-27(19-25)33(34,35)36/h2-12,14-17,19,30H,13,18,20-21H2,1H3,(H,37,40)/t30-/m0/s1. The average molecular weight is 623 g/mol. The Bertz CT molecular complexity index is 1770. The molecule has 5 rings (SSSR count). The zero-order valence-corrected chi connectivity index (χ0v) is 24.5. The molecule has 4 aromatic rings. The topological polar surface area (TPSA) is 92.8 Å². The Morgan fingerprint density at radius 3 is 2.25 bits per heavy atom. The quantitative estimate of drug-likeness (QED) is 0.234. The van der Waals surface area contributed by atoms with Gasteiger partial charge in [-0.2, -0.15) is 13.2 Å². The molecule has 44 heavy (non-hydrogen) atoms. The summed E-state index contributed by atoms with van der Waals surface area (Å²) >= 11 is 0. The van der Waals surface area contributed by atoms with Crippen molar-refractivity contribution in [1.82, 2.24) is 5.32 Å². The number of alkyl halides is 3. The van der Waals surface area contributed by atoms with E-state index >= 15 is 0 Å². The number of ether oxygens (including phenoxy) is 1. The summed E-state index contributed by atoms with van der Waals surface area (Å²) in [5, 5.41) is 2.85. The number of halogens is 3. The van der Waals surface area contributed by atoms with Crippen molar-refractivity contribution >= 4 is 27.6 Å². The molecule has 1 aliphatic rings. The molecule has 0 aliphatic carbocycles. The maximum atomic E-state index is 14.0. The zero-order valence-electron chi connectivity index (χ0n) is 23.7. The van der Waals surface area contributed by atoms with Crippen LogP contribution in [0.15, 0.2) is 102 Å². The van der Waals surface area contributed by atoms with E-state index in [2.05, 4.69) is 10.1 Å². The van der Waals surface area contributed by atoms with Gasteiger partial charge in [0.25, 0.3) is 10.0 Å². The largest absolute Gasteiger partial charge is 0.469 e. The molecule has 1 N–H and O–H groups in total. The van der Waals surface area contributed by atoms with Crippen molar-refractivity contribution in [2.75, 3.05) is 11.4 Å². The number of fused-ring (bicyclic) bond motifs is 1. The SMILES string of the molecule is COC(=O)CCc1ccc(CNC(=O)[C@@H]2Cc3ccccc3N2S(=O)(=O)c2ccc(-c3cccc(C(F)(F)F)c3)cc2)cc1. The third-order valence-corrected chi connectivity index (χ3v) is 9.33. The lowest BCUT2D eigenvalue weighted by Gasteiger charge is -2.26. The number of esters is 1. The number of amides is 1. The number of hydrogen-bond donors (Lipinski definition) is 1. The molecule has 1 aliphatic heterocycles. The number of anilines is 1. The summed E-state index contributed by atoms with van der Waals surface area (Å²) in [6.45, 7) is 0.169. The molecule has 0 unspecified atom stereocenters. The lowest BCUT2D eigenvalue weighted by molar-refractivity contribution is -0.140. The molecule has 0 fully saturated rings. The van der Waals surface area contributed by atoms with Crippen molar-refractivity contribution in [3.63, 3.8) is 0 Å². The normalized spacial score (nSPS) is 14.6. The molecule has 0 saturated carbocycles. The highest BCUT2D eigenvalue weighted by molar-refractivity contribution is 7.93. The number of sulfonamides is 1. The molecule has 11 heteroatoms. The van der Waals surface area contributed by atoms with Gasteiger partial charge in [0.05, 0.1) is 23.3 Å². The van der Waals surface area contributed by atoms with Crippen molar-refractivity contribution in [3.05, 3.63) is 119 Å². The van der Waals surface area contributed by atoms with E-state index in [0.717, 1.165) is 27.6 Å². The second-order valence-corrected chi connectivity index (χ2v) is 12.2. The molecule has 0 aromatic heterocycles. The van der Waals surface area contributed by atoms with Gasteiger partial charge in [0.15, 0.2) is 0 Å². The Hall–Kier alpha value is -4.64. The van der Waals surface area contributed by atoms with Crippen LogP contribution in [0.2, 0.25) is 0 Å². The molecule has 1 heterocycles. The first-order valence-corrected chi connectivity index (χ1v) is 15.2. The fraction of sp³-hybridized carbons (Fsp3) is 0.212. The van der Waals surface area contributed by atoms with Crippen LogP contribution in [0.3, 0.4) is 0 Å². The smallest absolute Gasteiger partial charge is 0.416 e. The van der Waals surface area contributed by atoms with Crippen molar-refractivity contribution < 1.29 is 35.9 Å². The molecule has 0 radical (unpaired) electrons. The first-order chi connectivity index (χ1) is 21.0. The first kappa shape index (κ1) is 30.8. The summed E-state index contributed by atoms with van der Waals surface area (Å²) < 4.78 is 73.3. The molecular formula is C33H29F3N2O5S. The van der Waals surface area contributed by atoms with Gasteiger partial charge in [-0.1, -0.05) is 66.7 Å². The minimum Gasteiger partial charge on any atom is -0.469 e. The summed E-state index contributed by atoms with van der Waals surface area (Å²) in [7, 11) is -2.89. The van der Waals surface area contributed by atoms with E-state index in [9.17, 15) is 31.2 Å². The number of para-hydroxylation sites is 1. The molecular weight excluding hydrogens is 593 g/mol. The molecule has 0 saturated heterocycles. The van der Waals surface area contributed by atoms with Gasteiger partial charge in [-0.15, -0.1) is 0 Å². The minimum atomic E-state index is -4.51. The summed E-state index contributed by atoms with van der Waals surface area (Å²) in [5.41, 5.74) is 2.75. The highest BCUT2D eigenvalue weighted by atomic mass is 32.2. The van der Waals surface area contributed by atoms with E-state index in [0.29, 0.717) is 28.8 Å². The number of carbonyl (C=O) groups excluding carboxylic acids is 2. The van der Waals surface area contributed by atoms with Crippen molar-refractivity contribution in [3.8, 4) is 11.1 Å². The summed E-state index contributed by atoms with van der Waals surface area (Å²) in [5.74, 6) is -0.773. The molecule has 7 nitrogen and oxygen atoms in total. The molecule has 228 valence electrons. The van der Waals surface area contributed by atoms with Crippen LogP contribution in [0.25, 0.3) is 11.1 Å². The monoisotopic (exact) mass is 622 g/mol. The van der Waals surface area contributed by atoms with Crippen LogP contribution < -0.4 is 9.62 Å². The van der Waals surface area contributed by atoms with Gasteiger partial charge >= 0.3 is 12.1 Å². The van der Waals surface area contributed by atoms with Crippen LogP contribution in [0.4, 0.5) is 18.9 Å². The summed E-state index contributed by atoms with van der Waals surface area (Å²) in [6.07, 6.45) is -3.55. The number of methoxy groups -OCH3 is 1. The number of aryl methyl sites for hydroxylation is 1. The third kappa shape index (κ3) is 6.62. The summed E-state index contributed by atoms with van der Waals surface area (Å²) in [4.78, 5) is 24.7. The second kappa shape index (κ2) is 12.5. The second-order valence-electron chi connectivity index (χ2n) is 10.4. The van der Waals surface area contributed by atoms with Crippen molar-refractivity contribution in [1.29, 1.82) is 0 Å². The van der Waals surface area contributed by atoms with Gasteiger partial charge in [0.1, 0.15) is 6.04 Å². The third-order valence-electron chi connectivity index (χ3n) is 7.50. The molecule has 0 spiro atoms. The maximum Gasteiger partial charge on any atom is 0.416 e. The zero-order chi connectivity index (χ0) is 31.5. The van der Waals surface area contributed by atoms with Gasteiger partial charge < -0.3 is 10.1 Å². The molecule has 0 bridgehead atoms. The lowest BCUT2D eigenvalue weighted by atomic mass is 10.0. The van der Waals surface area contributed by atoms with E-state index in [1.165, 1.54) is 43.5 Å². The number of hydrogen-bond acceptors (Lipinski definition) is 5. The van der Waals surface area contributed by atoms with E-state index in [-0.39, 0.29) is 30.3 Å². The van der Waals surface area contributed by atoms with E-state index in [1.807, 2.05) is 24.3 Å². The van der Waals surface area contributed by atoms with Gasteiger partial charge in [0.2, 0.25) is 5.91 Å². The van der Waals surface area contributed by atoms with Crippen LogP contribution in [-0.2, 0) is 49.9 Å². The van der Waals surface area contributed by atoms with E-state index in [4.69, 9.17) is 0 Å². The number of nitrogens with zero attached hydrogens (tertiary/aromatic N) is 1. The van der Waals surface area contributed by atoms with Gasteiger partial charge in [-0.3, -0.25) is 13.9 Å². The highest BCUT2D eigenvalue weighted by Crippen LogP contribution is 2.38. The molecule has 4 aromatic carbocycles. The Balaban J connectivity index is 1.34. The van der Waals surface area contributed by atoms with Gasteiger partial charge in [0, 0.05) is 19.4 Å². The Kier molecular flexibility index (Phi) is 8.78. The van der Waals surface area contributed by atoms with Gasteiger partial charge in [-0.05, 0) is 64.6 Å². The Morgan fingerprint density at radius 1 is 0.886 bits per heavy atom. The summed E-state index contributed by atoms with van der Waals surface area (Å²) in [6, 6.07) is 23.6. The average Bonchev–Trinajstić information content (AvgIpc) is 3.43. The van der Waals surface area contributed by atoms with Crippen LogP contribution >= 0.6 is 0 Å². The van der Waals surface area contributed by atoms with Crippen LogP contribution in [0, 0.1) is 0 Å². The number of benzene rings is 4. The van der Waals surface area contributed by atoms with Gasteiger partial charge in [-0.25, -0.2) is 8.42 Å². The van der Waals surface area contributed by atoms with E-state index < -0.39 is 33.7 Å². The van der Waals surface area contributed by atoms with Crippen LogP contribution in [0.1, 0.15) is 28.7 Å². The predicted molar refractivity (Wildman–Crippen MR) is 159 cm³/mol. The lowest BCUT2D eigenvalue weighted by Crippen LogP contribution is -2.47.